The van der Waals surface area contributed by atoms with Crippen molar-refractivity contribution in [2.75, 3.05) is 19.7 Å². The van der Waals surface area contributed by atoms with Gasteiger partial charge in [-0.25, -0.2) is 4.79 Å². The molecule has 0 aromatic carbocycles. The average molecular weight is 286 g/mol. The van der Waals surface area contributed by atoms with Gasteiger partial charge in [0.25, 0.3) is 0 Å². The largest absolute Gasteiger partial charge is 0.481 e. The molecule has 1 aliphatic rings. The molecule has 6 heteroatoms. The van der Waals surface area contributed by atoms with Crippen LogP contribution in [0.25, 0.3) is 0 Å². The summed E-state index contributed by atoms with van der Waals surface area (Å²) in [7, 11) is 0. The quantitative estimate of drug-likeness (QED) is 0.627. The molecular weight excluding hydrogens is 260 g/mol. The molecule has 1 saturated carbocycles. The van der Waals surface area contributed by atoms with E-state index in [1.54, 1.807) is 4.90 Å². The highest BCUT2D eigenvalue weighted by Gasteiger charge is 2.29. The average Bonchev–Trinajstić information content (AvgIpc) is 2.30. The molecule has 6 nitrogen and oxygen atoms in total. The van der Waals surface area contributed by atoms with Crippen molar-refractivity contribution >= 4 is 12.0 Å². The van der Waals surface area contributed by atoms with E-state index < -0.39 is 11.9 Å². The second-order valence-electron chi connectivity index (χ2n) is 5.85. The Bertz CT molecular complexity index is 329. The predicted octanol–water partition coefficient (Wildman–Crippen LogP) is 1.29. The molecular formula is C14H26N2O4. The number of aliphatic carboxylic acids is 1. The number of hydrogen-bond acceptors (Lipinski definition) is 3. The number of aliphatic hydroxyl groups excluding tert-OH is 1. The third kappa shape index (κ3) is 5.00. The van der Waals surface area contributed by atoms with E-state index in [-0.39, 0.29) is 31.1 Å². The molecule has 1 atom stereocenters. The Hall–Kier alpha value is -1.30. The van der Waals surface area contributed by atoms with Crippen LogP contribution in [0.2, 0.25) is 0 Å². The lowest BCUT2D eigenvalue weighted by Crippen LogP contribution is -2.51. The summed E-state index contributed by atoms with van der Waals surface area (Å²) < 4.78 is 0. The molecule has 1 rings (SSSR count). The van der Waals surface area contributed by atoms with Crippen LogP contribution < -0.4 is 5.32 Å². The van der Waals surface area contributed by atoms with Gasteiger partial charge in [-0.2, -0.15) is 0 Å². The molecule has 0 aromatic heterocycles. The third-order valence-corrected chi connectivity index (χ3v) is 3.72. The number of nitrogens with one attached hydrogen (secondary N) is 1. The normalized spacial score (nSPS) is 16.6. The first kappa shape index (κ1) is 16.8. The first-order valence-corrected chi connectivity index (χ1v) is 7.33. The van der Waals surface area contributed by atoms with E-state index >= 15 is 0 Å². The van der Waals surface area contributed by atoms with Gasteiger partial charge in [0, 0.05) is 19.1 Å². The highest BCUT2D eigenvalue weighted by molar-refractivity contribution is 5.76. The van der Waals surface area contributed by atoms with Gasteiger partial charge in [0.05, 0.1) is 12.5 Å². The van der Waals surface area contributed by atoms with Crippen molar-refractivity contribution < 1.29 is 19.8 Å². The van der Waals surface area contributed by atoms with E-state index in [4.69, 9.17) is 10.2 Å². The van der Waals surface area contributed by atoms with Gasteiger partial charge < -0.3 is 20.4 Å². The zero-order chi connectivity index (χ0) is 15.1. The molecule has 0 spiro atoms. The van der Waals surface area contributed by atoms with E-state index in [1.165, 1.54) is 0 Å². The van der Waals surface area contributed by atoms with Gasteiger partial charge in [-0.1, -0.05) is 13.8 Å². The van der Waals surface area contributed by atoms with Crippen molar-refractivity contribution in [3.8, 4) is 0 Å². The number of carboxylic acid groups (broad SMARTS) is 1. The summed E-state index contributed by atoms with van der Waals surface area (Å²) in [6.45, 7) is 4.30. The van der Waals surface area contributed by atoms with E-state index in [9.17, 15) is 9.59 Å². The molecule has 0 radical (unpaired) electrons. The number of carbonyl (C=O) groups excluding carboxylic acids is 1. The minimum absolute atomic E-state index is 0.0712. The number of carboxylic acids is 1. The molecule has 0 aromatic rings. The Labute approximate surface area is 120 Å². The van der Waals surface area contributed by atoms with Crippen LogP contribution in [-0.2, 0) is 4.79 Å². The summed E-state index contributed by atoms with van der Waals surface area (Å²) in [5.41, 5.74) is 0. The molecule has 1 fully saturated rings. The SMILES string of the molecule is CC(C)CC(CNC(=O)N(CCO)C1CCC1)C(=O)O. The summed E-state index contributed by atoms with van der Waals surface area (Å²) in [6.07, 6.45) is 3.56. The monoisotopic (exact) mass is 286 g/mol. The Balaban J connectivity index is 2.47. The molecule has 20 heavy (non-hydrogen) atoms. The predicted molar refractivity (Wildman–Crippen MR) is 75.4 cm³/mol. The number of hydrogen-bond donors (Lipinski definition) is 3. The standard InChI is InChI=1S/C14H26N2O4/c1-10(2)8-11(13(18)19)9-15-14(20)16(6-7-17)12-4-3-5-12/h10-12,17H,3-9H2,1-2H3,(H,15,20)(H,18,19). The van der Waals surface area contributed by atoms with Gasteiger partial charge in [-0.05, 0) is 31.6 Å². The molecule has 0 bridgehead atoms. The topological polar surface area (TPSA) is 89.9 Å². The van der Waals surface area contributed by atoms with E-state index in [0.29, 0.717) is 13.0 Å². The first-order chi connectivity index (χ1) is 9.45. The maximum atomic E-state index is 12.1. The van der Waals surface area contributed by atoms with Gasteiger partial charge >= 0.3 is 12.0 Å². The number of carbonyl (C=O) groups is 2. The Morgan fingerprint density at radius 1 is 1.35 bits per heavy atom. The van der Waals surface area contributed by atoms with Crippen molar-refractivity contribution in [1.29, 1.82) is 0 Å². The lowest BCUT2D eigenvalue weighted by molar-refractivity contribution is -0.142. The van der Waals surface area contributed by atoms with E-state index in [1.807, 2.05) is 13.8 Å². The maximum absolute atomic E-state index is 12.1. The van der Waals surface area contributed by atoms with Crippen molar-refractivity contribution in [2.45, 2.75) is 45.6 Å². The summed E-state index contributed by atoms with van der Waals surface area (Å²) in [5, 5.41) is 20.9. The lowest BCUT2D eigenvalue weighted by Gasteiger charge is -2.37. The van der Waals surface area contributed by atoms with Crippen LogP contribution in [0.5, 0.6) is 0 Å². The van der Waals surface area contributed by atoms with Gasteiger partial charge in [0.1, 0.15) is 0 Å². The number of nitrogens with zero attached hydrogens (tertiary/aromatic N) is 1. The van der Waals surface area contributed by atoms with Crippen LogP contribution in [0, 0.1) is 11.8 Å². The number of urea groups is 1. The smallest absolute Gasteiger partial charge is 0.317 e. The van der Waals surface area contributed by atoms with Gasteiger partial charge in [0.2, 0.25) is 0 Å². The van der Waals surface area contributed by atoms with Crippen LogP contribution in [-0.4, -0.2) is 52.9 Å². The fourth-order valence-electron chi connectivity index (χ4n) is 2.41. The van der Waals surface area contributed by atoms with Crippen LogP contribution in [0.15, 0.2) is 0 Å². The number of rotatable bonds is 8. The van der Waals surface area contributed by atoms with Crippen molar-refractivity contribution in [2.24, 2.45) is 11.8 Å². The zero-order valence-electron chi connectivity index (χ0n) is 12.3. The highest BCUT2D eigenvalue weighted by Crippen LogP contribution is 2.24. The van der Waals surface area contributed by atoms with E-state index in [0.717, 1.165) is 19.3 Å². The first-order valence-electron chi connectivity index (χ1n) is 7.33. The summed E-state index contributed by atoms with van der Waals surface area (Å²) in [5.74, 6) is -1.17. The van der Waals surface area contributed by atoms with Crippen LogP contribution >= 0.6 is 0 Å². The molecule has 116 valence electrons. The number of amides is 2. The fourth-order valence-corrected chi connectivity index (χ4v) is 2.41. The minimum Gasteiger partial charge on any atom is -0.481 e. The van der Waals surface area contributed by atoms with Gasteiger partial charge in [-0.15, -0.1) is 0 Å². The molecule has 1 unspecified atom stereocenters. The summed E-state index contributed by atoms with van der Waals surface area (Å²) >= 11 is 0. The minimum atomic E-state index is -0.878. The lowest BCUT2D eigenvalue weighted by atomic mass is 9.91. The van der Waals surface area contributed by atoms with E-state index in [2.05, 4.69) is 5.32 Å². The molecule has 0 aliphatic heterocycles. The van der Waals surface area contributed by atoms with Crippen LogP contribution in [0.1, 0.15) is 39.5 Å². The van der Waals surface area contributed by atoms with Crippen molar-refractivity contribution in [3.05, 3.63) is 0 Å². The molecule has 3 N–H and O–H groups in total. The Morgan fingerprint density at radius 3 is 2.40 bits per heavy atom. The Morgan fingerprint density at radius 2 is 2.00 bits per heavy atom. The molecule has 0 heterocycles. The number of aliphatic hydroxyl groups is 1. The zero-order valence-corrected chi connectivity index (χ0v) is 12.3. The van der Waals surface area contributed by atoms with Crippen molar-refractivity contribution in [3.63, 3.8) is 0 Å². The van der Waals surface area contributed by atoms with Crippen LogP contribution in [0.4, 0.5) is 4.79 Å². The van der Waals surface area contributed by atoms with Gasteiger partial charge in [0.15, 0.2) is 0 Å². The molecule has 1 aliphatic carbocycles. The summed E-state index contributed by atoms with van der Waals surface area (Å²) in [6, 6.07) is -0.0747. The second kappa shape index (κ2) is 8.09. The fraction of sp³-hybridized carbons (Fsp3) is 0.857. The second-order valence-corrected chi connectivity index (χ2v) is 5.85. The maximum Gasteiger partial charge on any atom is 0.317 e. The Kier molecular flexibility index (Phi) is 6.78. The van der Waals surface area contributed by atoms with Crippen LogP contribution in [0.3, 0.4) is 0 Å². The molecule has 0 saturated heterocycles. The van der Waals surface area contributed by atoms with Crippen molar-refractivity contribution in [1.82, 2.24) is 10.2 Å². The molecule has 2 amide bonds. The summed E-state index contributed by atoms with van der Waals surface area (Å²) in [4.78, 5) is 24.9. The van der Waals surface area contributed by atoms with Gasteiger partial charge in [-0.3, -0.25) is 4.79 Å². The third-order valence-electron chi connectivity index (χ3n) is 3.72. The highest BCUT2D eigenvalue weighted by atomic mass is 16.4.